The number of benzene rings is 1. The zero-order valence-electron chi connectivity index (χ0n) is 14.6. The number of amides is 1. The Bertz CT molecular complexity index is 619. The van der Waals surface area contributed by atoms with E-state index in [1.807, 2.05) is 11.0 Å². The third-order valence-corrected chi connectivity index (χ3v) is 6.11. The quantitative estimate of drug-likeness (QED) is 0.837. The van der Waals surface area contributed by atoms with Crippen LogP contribution >= 0.6 is 0 Å². The molecule has 2 aliphatic heterocycles. The zero-order chi connectivity index (χ0) is 16.6. The summed E-state index contributed by atoms with van der Waals surface area (Å²) in [4.78, 5) is 14.9. The van der Waals surface area contributed by atoms with Crippen molar-refractivity contribution in [3.05, 3.63) is 34.9 Å². The van der Waals surface area contributed by atoms with Gasteiger partial charge >= 0.3 is 0 Å². The molecule has 4 heteroatoms. The van der Waals surface area contributed by atoms with Crippen LogP contribution in [0.15, 0.2) is 18.2 Å². The van der Waals surface area contributed by atoms with E-state index in [1.165, 1.54) is 17.5 Å². The molecule has 130 valence electrons. The summed E-state index contributed by atoms with van der Waals surface area (Å²) in [5, 5.41) is 0. The first-order valence-corrected chi connectivity index (χ1v) is 9.30. The molecule has 1 spiro atoms. The third kappa shape index (κ3) is 2.76. The highest BCUT2D eigenvalue weighted by Gasteiger charge is 2.45. The van der Waals surface area contributed by atoms with Crippen LogP contribution in [0, 0.1) is 0 Å². The number of hydrogen-bond donors (Lipinski definition) is 0. The molecule has 1 aromatic carbocycles. The summed E-state index contributed by atoms with van der Waals surface area (Å²) in [6.07, 6.45) is 7.55. The minimum Gasteiger partial charge on any atom is -0.378 e. The first-order valence-electron chi connectivity index (χ1n) is 9.30. The van der Waals surface area contributed by atoms with E-state index in [2.05, 4.69) is 12.1 Å². The number of rotatable bonds is 2. The molecule has 1 aliphatic carbocycles. The van der Waals surface area contributed by atoms with Gasteiger partial charge in [0.15, 0.2) is 0 Å². The topological polar surface area (TPSA) is 38.8 Å². The molecule has 3 aliphatic rings. The maximum Gasteiger partial charge on any atom is 0.253 e. The number of likely N-dealkylation sites (tertiary alicyclic amines) is 1. The van der Waals surface area contributed by atoms with Gasteiger partial charge < -0.3 is 14.4 Å². The smallest absolute Gasteiger partial charge is 0.253 e. The van der Waals surface area contributed by atoms with Crippen molar-refractivity contribution in [1.82, 2.24) is 4.90 Å². The second-order valence-electron chi connectivity index (χ2n) is 7.41. The Labute approximate surface area is 144 Å². The van der Waals surface area contributed by atoms with Crippen molar-refractivity contribution in [1.29, 1.82) is 0 Å². The largest absolute Gasteiger partial charge is 0.378 e. The number of nitrogens with zero attached hydrogens (tertiary/aromatic N) is 1. The van der Waals surface area contributed by atoms with E-state index in [4.69, 9.17) is 9.47 Å². The predicted molar refractivity (Wildman–Crippen MR) is 92.3 cm³/mol. The molecule has 24 heavy (non-hydrogen) atoms. The molecule has 1 unspecified atom stereocenters. The summed E-state index contributed by atoms with van der Waals surface area (Å²) in [6.45, 7) is 2.34. The average Bonchev–Trinajstić information content (AvgIpc) is 3.10. The molecule has 0 N–H and O–H groups in total. The van der Waals surface area contributed by atoms with E-state index in [9.17, 15) is 4.79 Å². The molecular formula is C20H27NO3. The number of piperidine rings is 1. The van der Waals surface area contributed by atoms with Crippen LogP contribution in [0.4, 0.5) is 0 Å². The van der Waals surface area contributed by atoms with E-state index in [0.717, 1.165) is 63.8 Å². The molecule has 1 aromatic rings. The SMILES string of the molecule is COC1CCCOC12CCN(C(=O)c1ccc3c(c1)CCC3)CC2. The average molecular weight is 329 g/mol. The van der Waals surface area contributed by atoms with Gasteiger partial charge in [0, 0.05) is 32.4 Å². The Morgan fingerprint density at radius 1 is 1.21 bits per heavy atom. The van der Waals surface area contributed by atoms with E-state index in [1.54, 1.807) is 7.11 Å². The number of hydrogen-bond acceptors (Lipinski definition) is 3. The lowest BCUT2D eigenvalue weighted by Gasteiger charge is -2.48. The van der Waals surface area contributed by atoms with Gasteiger partial charge in [-0.15, -0.1) is 0 Å². The normalized spacial score (nSPS) is 25.7. The van der Waals surface area contributed by atoms with E-state index >= 15 is 0 Å². The Kier molecular flexibility index (Phi) is 4.35. The van der Waals surface area contributed by atoms with Gasteiger partial charge in [-0.05, 0) is 68.2 Å². The lowest BCUT2D eigenvalue weighted by molar-refractivity contribution is -0.183. The lowest BCUT2D eigenvalue weighted by Crippen LogP contribution is -2.56. The number of methoxy groups -OCH3 is 1. The molecule has 1 atom stereocenters. The molecule has 0 bridgehead atoms. The molecular weight excluding hydrogens is 302 g/mol. The van der Waals surface area contributed by atoms with Crippen molar-refractivity contribution in [2.45, 2.75) is 56.7 Å². The fourth-order valence-electron chi connectivity index (χ4n) is 4.67. The van der Waals surface area contributed by atoms with Crippen LogP contribution in [0.25, 0.3) is 0 Å². The zero-order valence-corrected chi connectivity index (χ0v) is 14.6. The van der Waals surface area contributed by atoms with E-state index < -0.39 is 0 Å². The Morgan fingerprint density at radius 3 is 2.79 bits per heavy atom. The summed E-state index contributed by atoms with van der Waals surface area (Å²) in [5.41, 5.74) is 3.45. The Balaban J connectivity index is 1.44. The lowest BCUT2D eigenvalue weighted by atomic mass is 9.81. The molecule has 2 heterocycles. The van der Waals surface area contributed by atoms with Gasteiger partial charge in [0.25, 0.3) is 5.91 Å². The standard InChI is InChI=1S/C20H27NO3/c1-23-18-6-3-13-24-20(18)9-11-21(12-10-20)19(22)17-8-7-15-4-2-5-16(15)14-17/h7-8,14,18H,2-6,9-13H2,1H3. The summed E-state index contributed by atoms with van der Waals surface area (Å²) in [6, 6.07) is 6.27. The minimum atomic E-state index is -0.179. The van der Waals surface area contributed by atoms with Crippen molar-refractivity contribution in [3.63, 3.8) is 0 Å². The molecule has 1 amide bonds. The molecule has 4 nitrogen and oxygen atoms in total. The first-order chi connectivity index (χ1) is 11.7. The maximum atomic E-state index is 12.9. The van der Waals surface area contributed by atoms with E-state index in [0.29, 0.717) is 0 Å². The molecule has 2 saturated heterocycles. The van der Waals surface area contributed by atoms with Crippen molar-refractivity contribution in [2.24, 2.45) is 0 Å². The van der Waals surface area contributed by atoms with Crippen LogP contribution in [0.1, 0.15) is 53.6 Å². The van der Waals surface area contributed by atoms with Crippen LogP contribution in [0.3, 0.4) is 0 Å². The number of carbonyl (C=O) groups excluding carboxylic acids is 1. The Morgan fingerprint density at radius 2 is 2.00 bits per heavy atom. The van der Waals surface area contributed by atoms with Gasteiger partial charge in [-0.1, -0.05) is 6.07 Å². The predicted octanol–water partition coefficient (Wildman–Crippen LogP) is 2.98. The number of carbonyl (C=O) groups is 1. The fraction of sp³-hybridized carbons (Fsp3) is 0.650. The van der Waals surface area contributed by atoms with Crippen LogP contribution < -0.4 is 0 Å². The van der Waals surface area contributed by atoms with Gasteiger partial charge in [0.1, 0.15) is 0 Å². The van der Waals surface area contributed by atoms with Gasteiger partial charge in [0.2, 0.25) is 0 Å². The van der Waals surface area contributed by atoms with Gasteiger partial charge in [-0.25, -0.2) is 0 Å². The molecule has 0 aromatic heterocycles. The van der Waals surface area contributed by atoms with Gasteiger partial charge in [-0.3, -0.25) is 4.79 Å². The summed E-state index contributed by atoms with van der Waals surface area (Å²) < 4.78 is 11.8. The number of aryl methyl sites for hydroxylation is 2. The van der Waals surface area contributed by atoms with Crippen LogP contribution in [0.2, 0.25) is 0 Å². The molecule has 0 saturated carbocycles. The minimum absolute atomic E-state index is 0.170. The van der Waals surface area contributed by atoms with Crippen molar-refractivity contribution < 1.29 is 14.3 Å². The van der Waals surface area contributed by atoms with Crippen molar-refractivity contribution >= 4 is 5.91 Å². The maximum absolute atomic E-state index is 12.9. The Hall–Kier alpha value is -1.39. The monoisotopic (exact) mass is 329 g/mol. The first kappa shape index (κ1) is 16.1. The molecule has 0 radical (unpaired) electrons. The summed E-state index contributed by atoms with van der Waals surface area (Å²) in [5.74, 6) is 0.171. The molecule has 2 fully saturated rings. The van der Waals surface area contributed by atoms with Gasteiger partial charge in [0.05, 0.1) is 11.7 Å². The highest BCUT2D eigenvalue weighted by atomic mass is 16.5. The second kappa shape index (κ2) is 6.49. The fourth-order valence-corrected chi connectivity index (χ4v) is 4.67. The van der Waals surface area contributed by atoms with Crippen molar-refractivity contribution in [2.75, 3.05) is 26.8 Å². The van der Waals surface area contributed by atoms with E-state index in [-0.39, 0.29) is 17.6 Å². The van der Waals surface area contributed by atoms with Crippen LogP contribution in [-0.4, -0.2) is 49.3 Å². The second-order valence-corrected chi connectivity index (χ2v) is 7.41. The highest BCUT2D eigenvalue weighted by molar-refractivity contribution is 5.94. The number of fused-ring (bicyclic) bond motifs is 1. The van der Waals surface area contributed by atoms with Crippen LogP contribution in [-0.2, 0) is 22.3 Å². The summed E-state index contributed by atoms with van der Waals surface area (Å²) in [7, 11) is 1.78. The number of ether oxygens (including phenoxy) is 2. The van der Waals surface area contributed by atoms with Crippen LogP contribution in [0.5, 0.6) is 0 Å². The highest BCUT2D eigenvalue weighted by Crippen LogP contribution is 2.37. The summed E-state index contributed by atoms with van der Waals surface area (Å²) >= 11 is 0. The van der Waals surface area contributed by atoms with Gasteiger partial charge in [-0.2, -0.15) is 0 Å². The molecule has 4 rings (SSSR count). The van der Waals surface area contributed by atoms with Crippen molar-refractivity contribution in [3.8, 4) is 0 Å². The third-order valence-electron chi connectivity index (χ3n) is 6.11.